The number of halogens is 2. The van der Waals surface area contributed by atoms with Crippen molar-refractivity contribution in [3.63, 3.8) is 0 Å². The van der Waals surface area contributed by atoms with E-state index in [2.05, 4.69) is 15.9 Å². The summed E-state index contributed by atoms with van der Waals surface area (Å²) < 4.78 is 17.8. The summed E-state index contributed by atoms with van der Waals surface area (Å²) in [5, 5.41) is 0.517. The second-order valence-corrected chi connectivity index (χ2v) is 7.16. The lowest BCUT2D eigenvalue weighted by Gasteiger charge is -2.22. The average molecular weight is 372 g/mol. The third-order valence-electron chi connectivity index (χ3n) is 2.92. The van der Waals surface area contributed by atoms with Crippen LogP contribution in [0.5, 0.6) is 5.75 Å². The topological polar surface area (TPSA) is 46.5 Å². The van der Waals surface area contributed by atoms with Crippen molar-refractivity contribution in [2.24, 2.45) is 0 Å². The minimum atomic E-state index is -3.80. The minimum Gasteiger partial charge on any atom is -0.421 e. The van der Waals surface area contributed by atoms with Crippen molar-refractivity contribution >= 4 is 40.7 Å². The van der Waals surface area contributed by atoms with E-state index in [0.29, 0.717) is 26.4 Å². The molecule has 1 unspecified atom stereocenters. The highest BCUT2D eigenvalue weighted by Gasteiger charge is 2.29. The van der Waals surface area contributed by atoms with E-state index in [-0.39, 0.29) is 0 Å². The second kappa shape index (κ2) is 5.05. The zero-order chi connectivity index (χ0) is 14.3. The number of fused-ring (bicyclic) bond motifs is 1. The zero-order valence-corrected chi connectivity index (χ0v) is 13.3. The van der Waals surface area contributed by atoms with Crippen molar-refractivity contribution in [3.8, 4) is 5.75 Å². The summed E-state index contributed by atoms with van der Waals surface area (Å²) in [6, 6.07) is 12.7. The van der Waals surface area contributed by atoms with Crippen molar-refractivity contribution in [1.29, 1.82) is 0 Å². The molecule has 2 aromatic rings. The summed E-state index contributed by atoms with van der Waals surface area (Å²) in [5.74, 6) is 1.60. The molecule has 0 spiro atoms. The first-order valence-corrected chi connectivity index (χ1v) is 8.58. The molecule has 1 atom stereocenters. The predicted octanol–water partition coefficient (Wildman–Crippen LogP) is 5.07. The van der Waals surface area contributed by atoms with Gasteiger partial charge in [-0.1, -0.05) is 41.9 Å². The van der Waals surface area contributed by atoms with E-state index in [1.54, 1.807) is 12.1 Å². The SMILES string of the molecule is O=P1(O)C=C(c2ccccc2)c2cc(Cl)c(Br)cc2O1. The largest absolute Gasteiger partial charge is 0.421 e. The van der Waals surface area contributed by atoms with Gasteiger partial charge in [-0.25, -0.2) is 4.57 Å². The maximum Gasteiger partial charge on any atom is 0.401 e. The molecule has 1 aliphatic heterocycles. The number of hydrogen-bond acceptors (Lipinski definition) is 2. The Bertz CT molecular complexity index is 759. The molecule has 0 bridgehead atoms. The molecule has 2 aromatic carbocycles. The number of benzene rings is 2. The van der Waals surface area contributed by atoms with E-state index in [9.17, 15) is 9.46 Å². The van der Waals surface area contributed by atoms with Gasteiger partial charge in [-0.3, -0.25) is 0 Å². The Balaban J connectivity index is 2.26. The van der Waals surface area contributed by atoms with Gasteiger partial charge in [0.1, 0.15) is 5.75 Å². The van der Waals surface area contributed by atoms with Gasteiger partial charge in [-0.05, 0) is 33.6 Å². The Labute approximate surface area is 129 Å². The molecule has 0 amide bonds. The summed E-state index contributed by atoms with van der Waals surface area (Å²) in [4.78, 5) is 9.82. The molecule has 0 aromatic heterocycles. The van der Waals surface area contributed by atoms with E-state index < -0.39 is 7.60 Å². The molecule has 1 heterocycles. The van der Waals surface area contributed by atoms with Gasteiger partial charge in [0.15, 0.2) is 0 Å². The van der Waals surface area contributed by atoms with E-state index in [0.717, 1.165) is 5.56 Å². The molecule has 3 rings (SSSR count). The normalized spacial score (nSPS) is 20.9. The van der Waals surface area contributed by atoms with Crippen LogP contribution in [-0.4, -0.2) is 4.89 Å². The molecule has 0 saturated carbocycles. The molecule has 0 radical (unpaired) electrons. The van der Waals surface area contributed by atoms with Gasteiger partial charge < -0.3 is 9.42 Å². The smallest absolute Gasteiger partial charge is 0.401 e. The lowest BCUT2D eigenvalue weighted by atomic mass is 9.99. The first-order chi connectivity index (χ1) is 9.46. The molecule has 3 nitrogen and oxygen atoms in total. The minimum absolute atomic E-state index is 0.341. The van der Waals surface area contributed by atoms with Crippen LogP contribution in [0, 0.1) is 0 Å². The lowest BCUT2D eigenvalue weighted by Crippen LogP contribution is -2.02. The average Bonchev–Trinajstić information content (AvgIpc) is 2.40. The first kappa shape index (κ1) is 13.9. The van der Waals surface area contributed by atoms with Gasteiger partial charge in [-0.15, -0.1) is 0 Å². The molecule has 1 N–H and O–H groups in total. The molecule has 102 valence electrons. The van der Waals surface area contributed by atoms with Crippen molar-refractivity contribution in [2.75, 3.05) is 0 Å². The first-order valence-electron chi connectivity index (χ1n) is 5.76. The maximum atomic E-state index is 12.0. The van der Waals surface area contributed by atoms with Crippen LogP contribution in [0.1, 0.15) is 11.1 Å². The van der Waals surface area contributed by atoms with Crippen LogP contribution >= 0.6 is 35.1 Å². The quantitative estimate of drug-likeness (QED) is 0.712. The predicted molar refractivity (Wildman–Crippen MR) is 83.1 cm³/mol. The van der Waals surface area contributed by atoms with Crippen molar-refractivity contribution in [1.82, 2.24) is 0 Å². The van der Waals surface area contributed by atoms with Gasteiger partial charge in [0.2, 0.25) is 0 Å². The molecule has 6 heteroatoms. The van der Waals surface area contributed by atoms with Crippen LogP contribution in [0.25, 0.3) is 5.57 Å². The van der Waals surface area contributed by atoms with Gasteiger partial charge in [-0.2, -0.15) is 0 Å². The zero-order valence-electron chi connectivity index (χ0n) is 10.1. The van der Waals surface area contributed by atoms with Gasteiger partial charge in [0, 0.05) is 21.4 Å². The fourth-order valence-electron chi connectivity index (χ4n) is 2.06. The monoisotopic (exact) mass is 370 g/mol. The molecular weight excluding hydrogens is 362 g/mol. The Morgan fingerprint density at radius 1 is 1.20 bits per heavy atom. The summed E-state index contributed by atoms with van der Waals surface area (Å²) in [6.45, 7) is 0. The fraction of sp³-hybridized carbons (Fsp3) is 0. The highest BCUT2D eigenvalue weighted by Crippen LogP contribution is 2.55. The third-order valence-corrected chi connectivity index (χ3v) is 5.16. The third kappa shape index (κ3) is 2.57. The molecule has 0 fully saturated rings. The Hall–Kier alpha value is -1.06. The highest BCUT2D eigenvalue weighted by molar-refractivity contribution is 9.10. The van der Waals surface area contributed by atoms with Crippen molar-refractivity contribution in [2.45, 2.75) is 0 Å². The lowest BCUT2D eigenvalue weighted by molar-refractivity contribution is 0.390. The van der Waals surface area contributed by atoms with E-state index >= 15 is 0 Å². The van der Waals surface area contributed by atoms with Gasteiger partial charge in [0.25, 0.3) is 0 Å². The van der Waals surface area contributed by atoms with E-state index in [1.807, 2.05) is 30.3 Å². The van der Waals surface area contributed by atoms with Crippen LogP contribution in [0.2, 0.25) is 5.02 Å². The summed E-state index contributed by atoms with van der Waals surface area (Å²) >= 11 is 9.39. The van der Waals surface area contributed by atoms with Crippen molar-refractivity contribution < 1.29 is 14.0 Å². The number of hydrogen-bond donors (Lipinski definition) is 1. The Morgan fingerprint density at radius 3 is 2.60 bits per heavy atom. The summed E-state index contributed by atoms with van der Waals surface area (Å²) in [6.07, 6.45) is 0. The van der Waals surface area contributed by atoms with Crippen LogP contribution in [0.15, 0.2) is 52.8 Å². The van der Waals surface area contributed by atoms with Crippen LogP contribution in [0.4, 0.5) is 0 Å². The summed E-state index contributed by atoms with van der Waals surface area (Å²) in [5.41, 5.74) is 2.18. The second-order valence-electron chi connectivity index (χ2n) is 4.33. The summed E-state index contributed by atoms with van der Waals surface area (Å²) in [7, 11) is -3.80. The van der Waals surface area contributed by atoms with E-state index in [4.69, 9.17) is 16.1 Å². The van der Waals surface area contributed by atoms with Crippen LogP contribution in [0.3, 0.4) is 0 Å². The van der Waals surface area contributed by atoms with Gasteiger partial charge >= 0.3 is 7.60 Å². The van der Waals surface area contributed by atoms with Crippen LogP contribution < -0.4 is 4.52 Å². The van der Waals surface area contributed by atoms with Gasteiger partial charge in [0.05, 0.1) is 5.02 Å². The Morgan fingerprint density at radius 2 is 1.90 bits per heavy atom. The number of rotatable bonds is 1. The van der Waals surface area contributed by atoms with Crippen molar-refractivity contribution in [3.05, 3.63) is 68.9 Å². The molecule has 0 aliphatic carbocycles. The standard InChI is InChI=1S/C14H9BrClO3P/c15-12-7-14-10(6-13(12)16)11(8-20(17,18)19-14)9-4-2-1-3-5-9/h1-8H,(H,17,18). The molecule has 0 saturated heterocycles. The Kier molecular flexibility index (Phi) is 3.51. The van der Waals surface area contributed by atoms with E-state index in [1.165, 1.54) is 5.82 Å². The fourth-order valence-corrected chi connectivity index (χ4v) is 3.65. The maximum absolute atomic E-state index is 12.0. The van der Waals surface area contributed by atoms with Crippen LogP contribution in [-0.2, 0) is 4.57 Å². The highest BCUT2D eigenvalue weighted by atomic mass is 79.9. The molecule has 20 heavy (non-hydrogen) atoms. The molecule has 1 aliphatic rings. The molecular formula is C14H9BrClO3P.